The van der Waals surface area contributed by atoms with Crippen LogP contribution in [0.3, 0.4) is 0 Å². The normalized spacial score (nSPS) is 18.3. The third-order valence-electron chi connectivity index (χ3n) is 9.60. The molecule has 10 rings (SSSR count). The van der Waals surface area contributed by atoms with E-state index in [-0.39, 0.29) is 0 Å². The maximum atomic E-state index is 10.1. The number of rotatable bonds is 0. The van der Waals surface area contributed by atoms with Gasteiger partial charge in [0.2, 0.25) is 15.1 Å². The van der Waals surface area contributed by atoms with Crippen LogP contribution in [0.15, 0.2) is 115 Å². The minimum absolute atomic E-state index is 0.355. The Bertz CT molecular complexity index is 2630. The van der Waals surface area contributed by atoms with E-state index in [0.29, 0.717) is 29.8 Å². The van der Waals surface area contributed by atoms with Gasteiger partial charge in [0.1, 0.15) is 26.9 Å². The summed E-state index contributed by atoms with van der Waals surface area (Å²) in [5.41, 5.74) is 15.0. The lowest BCUT2D eigenvalue weighted by Crippen LogP contribution is -1.98. The van der Waals surface area contributed by atoms with Crippen LogP contribution in [0.2, 0.25) is 0 Å². The van der Waals surface area contributed by atoms with Crippen molar-refractivity contribution in [2.75, 3.05) is 0 Å². The van der Waals surface area contributed by atoms with Gasteiger partial charge in [0.15, 0.2) is 0 Å². The molecule has 0 N–H and O–H groups in total. The maximum absolute atomic E-state index is 10.1. The Labute approximate surface area is 335 Å². The van der Waals surface area contributed by atoms with Crippen LogP contribution in [0.5, 0.6) is 0 Å². The molecule has 0 radical (unpaired) electrons. The van der Waals surface area contributed by atoms with Crippen LogP contribution in [0, 0.1) is 53.7 Å². The molecular formula is C42H12N6S6. The number of nitriles is 3. The lowest BCUT2D eigenvalue weighted by atomic mass is 9.84. The molecule has 0 saturated heterocycles. The maximum Gasteiger partial charge on any atom is 0.249 e. The van der Waals surface area contributed by atoms with Crippen molar-refractivity contribution in [1.29, 1.82) is 15.8 Å². The van der Waals surface area contributed by atoms with E-state index in [1.54, 1.807) is 0 Å². The van der Waals surface area contributed by atoms with Gasteiger partial charge in [-0.2, -0.15) is 15.8 Å². The van der Waals surface area contributed by atoms with Crippen LogP contribution in [-0.4, -0.2) is 0 Å². The average Bonchev–Trinajstić information content (AvgIpc) is 4.06. The molecule has 0 atom stereocenters. The molecule has 0 amide bonds. The first kappa shape index (κ1) is 33.0. The highest BCUT2D eigenvalue weighted by Gasteiger charge is 2.46. The highest BCUT2D eigenvalue weighted by Crippen LogP contribution is 2.69. The quantitative estimate of drug-likeness (QED) is 0.139. The second-order valence-corrected chi connectivity index (χ2v) is 18.9. The molecule has 0 spiro atoms. The molecule has 3 aliphatic heterocycles. The van der Waals surface area contributed by atoms with Gasteiger partial charge in [-0.15, -0.1) is 23.5 Å². The third-order valence-corrected chi connectivity index (χ3v) is 16.8. The molecule has 6 aliphatic rings. The van der Waals surface area contributed by atoms with Crippen LogP contribution in [0.4, 0.5) is 0 Å². The molecule has 4 aromatic rings. The van der Waals surface area contributed by atoms with Crippen molar-refractivity contribution < 1.29 is 0 Å². The smallest absolute Gasteiger partial charge is 0.242 e. The molecule has 3 aliphatic carbocycles. The molecule has 246 valence electrons. The number of fused-ring (bicyclic) bond motifs is 12. The Hall–Kier alpha value is -5.64. The summed E-state index contributed by atoms with van der Waals surface area (Å²) in [7, 11) is 0. The van der Waals surface area contributed by atoms with Gasteiger partial charge in [-0.1, -0.05) is 120 Å². The van der Waals surface area contributed by atoms with E-state index in [1.807, 2.05) is 36.4 Å². The molecule has 0 bridgehead atoms. The number of allylic oxidation sites excluding steroid dienone is 3. The van der Waals surface area contributed by atoms with Crippen molar-refractivity contribution in [3.8, 4) is 51.6 Å². The fourth-order valence-corrected chi connectivity index (χ4v) is 14.5. The van der Waals surface area contributed by atoms with Crippen LogP contribution >= 0.6 is 70.6 Å². The summed E-state index contributed by atoms with van der Waals surface area (Å²) in [5.74, 6) is 0. The predicted molar refractivity (Wildman–Crippen MR) is 224 cm³/mol. The molecule has 0 fully saturated rings. The van der Waals surface area contributed by atoms with Crippen LogP contribution in [0.1, 0.15) is 33.4 Å². The van der Waals surface area contributed by atoms with Crippen molar-refractivity contribution in [2.45, 2.75) is 0 Å². The number of hydrogen-bond acceptors (Lipinski definition) is 9. The second-order valence-electron chi connectivity index (χ2n) is 12.1. The summed E-state index contributed by atoms with van der Waals surface area (Å²) in [4.78, 5) is 12.3. The summed E-state index contributed by atoms with van der Waals surface area (Å²) in [6, 6.07) is 31.6. The SMILES string of the molecule is [C-]#[N+]C1=C(C#N)S/C(=C2\c3ccccc3-c3c4c(c5c(c32)-c2ccccc2C5=C2SC([N+]#[C-])=C([N+]#[C-])S2)-c2ccccc2C4=C2SC(C#N)=C(C#N)S2)S1. The first-order valence-electron chi connectivity index (χ1n) is 15.9. The lowest BCUT2D eigenvalue weighted by Gasteiger charge is -2.20. The van der Waals surface area contributed by atoms with Gasteiger partial charge in [0.05, 0.1) is 30.0 Å². The third kappa shape index (κ3) is 4.39. The average molecular weight is 793 g/mol. The molecule has 6 nitrogen and oxygen atoms in total. The Morgan fingerprint density at radius 1 is 0.370 bits per heavy atom. The zero-order chi connectivity index (χ0) is 36.8. The first-order chi connectivity index (χ1) is 26.5. The van der Waals surface area contributed by atoms with E-state index in [1.165, 1.54) is 70.6 Å². The highest BCUT2D eigenvalue weighted by molar-refractivity contribution is 8.29. The van der Waals surface area contributed by atoms with Crippen molar-refractivity contribution in [2.24, 2.45) is 0 Å². The molecule has 12 heteroatoms. The van der Waals surface area contributed by atoms with Crippen molar-refractivity contribution >= 4 is 87.3 Å². The topological polar surface area (TPSA) is 84.4 Å². The van der Waals surface area contributed by atoms with Gasteiger partial charge in [-0.05, 0) is 50.1 Å². The summed E-state index contributed by atoms with van der Waals surface area (Å²) in [6.07, 6.45) is 0. The standard InChI is InChI=1S/C42H12N6S6/c1-46-37-27(18-45)51-41(52-37)32-23-14-8-5-11-20(23)28-34-29(19-10-4-7-13-22(19)31(34)40-49-25(16-43)26(17-44)50-40)36-30(35(28)32)21-12-6-9-15-24(21)33(36)42-53-38(47-2)39(48-3)54-42/h4-15H/b41-32-. The fourth-order valence-electron chi connectivity index (χ4n) is 7.72. The zero-order valence-corrected chi connectivity index (χ0v) is 32.0. The zero-order valence-electron chi connectivity index (χ0n) is 27.1. The number of benzene rings is 4. The molecule has 4 aromatic carbocycles. The summed E-state index contributed by atoms with van der Waals surface area (Å²) >= 11 is 8.01. The Morgan fingerprint density at radius 3 is 1.00 bits per heavy atom. The van der Waals surface area contributed by atoms with Gasteiger partial charge < -0.3 is 0 Å². The number of nitrogens with zero attached hydrogens (tertiary/aromatic N) is 6. The summed E-state index contributed by atoms with van der Waals surface area (Å²) < 4.78 is 2.57. The minimum Gasteiger partial charge on any atom is -0.242 e. The van der Waals surface area contributed by atoms with Gasteiger partial charge in [0, 0.05) is 41.9 Å². The molecule has 0 unspecified atom stereocenters. The molecule has 0 aromatic heterocycles. The number of thioether (sulfide) groups is 6. The number of hydrogen-bond donors (Lipinski definition) is 0. The minimum atomic E-state index is 0.355. The van der Waals surface area contributed by atoms with Crippen molar-refractivity contribution in [1.82, 2.24) is 0 Å². The van der Waals surface area contributed by atoms with E-state index in [4.69, 9.17) is 19.7 Å². The Morgan fingerprint density at radius 2 is 0.667 bits per heavy atom. The van der Waals surface area contributed by atoms with Crippen LogP contribution < -0.4 is 0 Å². The van der Waals surface area contributed by atoms with Gasteiger partial charge in [-0.25, -0.2) is 14.5 Å². The summed E-state index contributed by atoms with van der Waals surface area (Å²) in [6.45, 7) is 23.7. The van der Waals surface area contributed by atoms with E-state index in [2.05, 4.69) is 69.1 Å². The van der Waals surface area contributed by atoms with Gasteiger partial charge in [0.25, 0.3) is 0 Å². The van der Waals surface area contributed by atoms with Crippen LogP contribution in [0.25, 0.3) is 64.6 Å². The van der Waals surface area contributed by atoms with Gasteiger partial charge >= 0.3 is 0 Å². The van der Waals surface area contributed by atoms with Crippen molar-refractivity contribution in [3.63, 3.8) is 0 Å². The summed E-state index contributed by atoms with van der Waals surface area (Å²) in [5, 5.41) is 31.3. The molecule has 54 heavy (non-hydrogen) atoms. The Kier molecular flexibility index (Phi) is 7.61. The van der Waals surface area contributed by atoms with E-state index in [0.717, 1.165) is 96.2 Å². The van der Waals surface area contributed by atoms with E-state index < -0.39 is 0 Å². The fraction of sp³-hybridized carbons (Fsp3) is 0. The van der Waals surface area contributed by atoms with Crippen molar-refractivity contribution in [3.05, 3.63) is 183 Å². The Balaban J connectivity index is 1.42. The van der Waals surface area contributed by atoms with E-state index >= 15 is 0 Å². The van der Waals surface area contributed by atoms with E-state index in [9.17, 15) is 15.8 Å². The largest absolute Gasteiger partial charge is 0.249 e. The van der Waals surface area contributed by atoms with Gasteiger partial charge in [-0.3, -0.25) is 0 Å². The monoisotopic (exact) mass is 792 g/mol. The molecule has 3 heterocycles. The predicted octanol–water partition coefficient (Wildman–Crippen LogP) is 13.1. The first-order valence-corrected chi connectivity index (χ1v) is 20.8. The van der Waals surface area contributed by atoms with Crippen LogP contribution in [-0.2, 0) is 0 Å². The lowest BCUT2D eigenvalue weighted by molar-refractivity contribution is 1.50. The molecular weight excluding hydrogens is 781 g/mol. The second kappa shape index (κ2) is 12.5. The highest BCUT2D eigenvalue weighted by atomic mass is 32.2. The molecule has 0 saturated carbocycles.